The van der Waals surface area contributed by atoms with E-state index in [0.717, 1.165) is 36.5 Å². The van der Waals surface area contributed by atoms with Gasteiger partial charge in [0, 0.05) is 24.7 Å². The predicted molar refractivity (Wildman–Crippen MR) is 110 cm³/mol. The predicted octanol–water partition coefficient (Wildman–Crippen LogP) is 3.50. The molecule has 2 amide bonds. The number of hydrogen-bond acceptors (Lipinski definition) is 4. The summed E-state index contributed by atoms with van der Waals surface area (Å²) in [7, 11) is 0. The van der Waals surface area contributed by atoms with Gasteiger partial charge in [0.1, 0.15) is 0 Å². The zero-order valence-corrected chi connectivity index (χ0v) is 16.6. The Bertz CT molecular complexity index is 935. The molecule has 0 aromatic heterocycles. The van der Waals surface area contributed by atoms with Crippen molar-refractivity contribution in [2.75, 3.05) is 11.9 Å². The van der Waals surface area contributed by atoms with Gasteiger partial charge in [-0.1, -0.05) is 43.2 Å². The number of rotatable bonds is 5. The fraction of sp³-hybridized carbons (Fsp3) is 0.435. The van der Waals surface area contributed by atoms with Crippen LogP contribution < -0.4 is 5.32 Å². The fourth-order valence-corrected chi connectivity index (χ4v) is 4.29. The molecule has 2 aliphatic rings. The first-order chi connectivity index (χ1) is 14.0. The molecule has 0 bridgehead atoms. The van der Waals surface area contributed by atoms with Crippen LogP contribution in [0, 0.1) is 5.92 Å². The molecule has 2 fully saturated rings. The van der Waals surface area contributed by atoms with Crippen molar-refractivity contribution in [3.63, 3.8) is 0 Å². The molecule has 152 valence electrons. The molecular weight excluding hydrogens is 368 g/mol. The molecule has 6 nitrogen and oxygen atoms in total. The summed E-state index contributed by atoms with van der Waals surface area (Å²) in [6.45, 7) is 1.96. The lowest BCUT2D eigenvalue weighted by Gasteiger charge is -2.24. The van der Waals surface area contributed by atoms with Crippen molar-refractivity contribution >= 4 is 34.2 Å². The Hall–Kier alpha value is -2.89. The second-order valence-electron chi connectivity index (χ2n) is 8.02. The molecule has 2 atom stereocenters. The molecule has 1 aliphatic heterocycles. The molecule has 1 aliphatic carbocycles. The summed E-state index contributed by atoms with van der Waals surface area (Å²) in [5.74, 6) is -1.32. The van der Waals surface area contributed by atoms with Gasteiger partial charge in [-0.25, -0.2) is 0 Å². The van der Waals surface area contributed by atoms with Crippen LogP contribution in [0.2, 0.25) is 0 Å². The highest BCUT2D eigenvalue weighted by Crippen LogP contribution is 2.30. The number of amides is 2. The average Bonchev–Trinajstić information content (AvgIpc) is 3.37. The van der Waals surface area contributed by atoms with Gasteiger partial charge < -0.3 is 15.0 Å². The van der Waals surface area contributed by atoms with Crippen molar-refractivity contribution in [2.24, 2.45) is 5.92 Å². The summed E-state index contributed by atoms with van der Waals surface area (Å²) < 4.78 is 5.39. The summed E-state index contributed by atoms with van der Waals surface area (Å²) >= 11 is 0. The third kappa shape index (κ3) is 4.26. The van der Waals surface area contributed by atoms with Crippen molar-refractivity contribution in [2.45, 2.75) is 51.2 Å². The van der Waals surface area contributed by atoms with Gasteiger partial charge in [0.05, 0.1) is 5.92 Å². The molecule has 1 saturated carbocycles. The second-order valence-corrected chi connectivity index (χ2v) is 8.02. The zero-order chi connectivity index (χ0) is 20.4. The molecule has 2 aromatic rings. The van der Waals surface area contributed by atoms with Gasteiger partial charge in [-0.15, -0.1) is 0 Å². The fourth-order valence-electron chi connectivity index (χ4n) is 4.29. The van der Waals surface area contributed by atoms with Crippen LogP contribution in [0.15, 0.2) is 42.5 Å². The maximum Gasteiger partial charge on any atom is 0.312 e. The first-order valence-corrected chi connectivity index (χ1v) is 10.3. The van der Waals surface area contributed by atoms with E-state index in [1.165, 1.54) is 0 Å². The number of nitrogens with zero attached hydrogens (tertiary/aromatic N) is 1. The molecule has 0 radical (unpaired) electrons. The number of fused-ring (bicyclic) bond motifs is 1. The minimum Gasteiger partial charge on any atom is -0.452 e. The SMILES string of the molecule is C[C@H](OC(=O)[C@H]1CC(=O)N(C2CCCC2)C1)C(=O)Nc1ccc2ccccc2c1. The van der Waals surface area contributed by atoms with Crippen molar-refractivity contribution in [1.82, 2.24) is 4.90 Å². The number of ether oxygens (including phenoxy) is 1. The normalized spacial score (nSPS) is 20.8. The molecule has 29 heavy (non-hydrogen) atoms. The topological polar surface area (TPSA) is 75.7 Å². The zero-order valence-electron chi connectivity index (χ0n) is 16.6. The monoisotopic (exact) mass is 394 g/mol. The highest BCUT2D eigenvalue weighted by molar-refractivity contribution is 5.97. The van der Waals surface area contributed by atoms with Gasteiger partial charge in [-0.05, 0) is 42.7 Å². The lowest BCUT2D eigenvalue weighted by molar-refractivity contribution is -0.157. The van der Waals surface area contributed by atoms with Crippen LogP contribution in [-0.2, 0) is 19.1 Å². The average molecular weight is 394 g/mol. The Morgan fingerprint density at radius 1 is 1.10 bits per heavy atom. The molecule has 2 aromatic carbocycles. The molecule has 1 saturated heterocycles. The number of carbonyl (C=O) groups excluding carboxylic acids is 3. The Kier molecular flexibility index (Phi) is 5.51. The molecule has 1 heterocycles. The lowest BCUT2D eigenvalue weighted by Crippen LogP contribution is -2.36. The quantitative estimate of drug-likeness (QED) is 0.788. The Balaban J connectivity index is 1.33. The first kappa shape index (κ1) is 19.4. The van der Waals surface area contributed by atoms with E-state index in [2.05, 4.69) is 5.32 Å². The highest BCUT2D eigenvalue weighted by Gasteiger charge is 2.40. The van der Waals surface area contributed by atoms with E-state index in [4.69, 9.17) is 4.74 Å². The number of likely N-dealkylation sites (tertiary alicyclic amines) is 1. The van der Waals surface area contributed by atoms with Gasteiger partial charge >= 0.3 is 5.97 Å². The lowest BCUT2D eigenvalue weighted by atomic mass is 10.1. The summed E-state index contributed by atoms with van der Waals surface area (Å²) in [4.78, 5) is 39.1. The largest absolute Gasteiger partial charge is 0.452 e. The number of carbonyl (C=O) groups is 3. The van der Waals surface area contributed by atoms with Gasteiger partial charge in [0.15, 0.2) is 6.10 Å². The molecule has 0 unspecified atom stereocenters. The molecule has 0 spiro atoms. The van der Waals surface area contributed by atoms with Crippen LogP contribution in [0.1, 0.15) is 39.0 Å². The van der Waals surface area contributed by atoms with E-state index >= 15 is 0 Å². The third-order valence-electron chi connectivity index (χ3n) is 5.94. The minimum atomic E-state index is -0.926. The molecular formula is C23H26N2O4. The number of nitrogens with one attached hydrogen (secondary N) is 1. The molecule has 1 N–H and O–H groups in total. The summed E-state index contributed by atoms with van der Waals surface area (Å²) in [5.41, 5.74) is 0.653. The van der Waals surface area contributed by atoms with Crippen LogP contribution in [0.25, 0.3) is 10.8 Å². The van der Waals surface area contributed by atoms with Crippen LogP contribution in [0.3, 0.4) is 0 Å². The molecule has 4 rings (SSSR count). The van der Waals surface area contributed by atoms with Gasteiger partial charge in [0.2, 0.25) is 5.91 Å². The van der Waals surface area contributed by atoms with E-state index in [9.17, 15) is 14.4 Å². The van der Waals surface area contributed by atoms with Crippen LogP contribution in [0.5, 0.6) is 0 Å². The van der Waals surface area contributed by atoms with Gasteiger partial charge in [0.25, 0.3) is 5.91 Å². The Labute approximate surface area is 170 Å². The van der Waals surface area contributed by atoms with Crippen LogP contribution in [-0.4, -0.2) is 41.4 Å². The van der Waals surface area contributed by atoms with Crippen LogP contribution in [0.4, 0.5) is 5.69 Å². The maximum absolute atomic E-state index is 12.5. The summed E-state index contributed by atoms with van der Waals surface area (Å²) in [5, 5.41) is 4.90. The van der Waals surface area contributed by atoms with E-state index in [0.29, 0.717) is 12.2 Å². The highest BCUT2D eigenvalue weighted by atomic mass is 16.5. The number of hydrogen-bond donors (Lipinski definition) is 1. The van der Waals surface area contributed by atoms with E-state index in [-0.39, 0.29) is 24.3 Å². The standard InChI is InChI=1S/C23H26N2O4/c1-15(22(27)24-19-11-10-16-6-2-3-7-17(16)12-19)29-23(28)18-13-21(26)25(14-18)20-8-4-5-9-20/h2-3,6-7,10-12,15,18,20H,4-5,8-9,13-14H2,1H3,(H,24,27)/t15-,18-/m0/s1. The smallest absolute Gasteiger partial charge is 0.312 e. The number of benzene rings is 2. The second kappa shape index (κ2) is 8.23. The van der Waals surface area contributed by atoms with Crippen molar-refractivity contribution in [3.05, 3.63) is 42.5 Å². The van der Waals surface area contributed by atoms with Crippen molar-refractivity contribution in [1.29, 1.82) is 0 Å². The summed E-state index contributed by atoms with van der Waals surface area (Å²) in [6, 6.07) is 13.8. The number of esters is 1. The molecule has 6 heteroatoms. The first-order valence-electron chi connectivity index (χ1n) is 10.3. The third-order valence-corrected chi connectivity index (χ3v) is 5.94. The van der Waals surface area contributed by atoms with E-state index in [1.54, 1.807) is 6.92 Å². The minimum absolute atomic E-state index is 0.0205. The Morgan fingerprint density at radius 3 is 2.59 bits per heavy atom. The van der Waals surface area contributed by atoms with Gasteiger partial charge in [-0.3, -0.25) is 14.4 Å². The maximum atomic E-state index is 12.5. The van der Waals surface area contributed by atoms with E-state index in [1.807, 2.05) is 47.4 Å². The van der Waals surface area contributed by atoms with Crippen molar-refractivity contribution in [3.8, 4) is 0 Å². The number of anilines is 1. The van der Waals surface area contributed by atoms with Crippen molar-refractivity contribution < 1.29 is 19.1 Å². The van der Waals surface area contributed by atoms with Crippen LogP contribution >= 0.6 is 0 Å². The Morgan fingerprint density at radius 2 is 1.83 bits per heavy atom. The van der Waals surface area contributed by atoms with Gasteiger partial charge in [-0.2, -0.15) is 0 Å². The van der Waals surface area contributed by atoms with E-state index < -0.39 is 18.0 Å². The summed E-state index contributed by atoms with van der Waals surface area (Å²) in [6.07, 6.45) is 3.54.